The number of benzene rings is 1. The highest BCUT2D eigenvalue weighted by Crippen LogP contribution is 2.32. The second-order valence-corrected chi connectivity index (χ2v) is 4.33. The highest BCUT2D eigenvalue weighted by molar-refractivity contribution is 6.05. The summed E-state index contributed by atoms with van der Waals surface area (Å²) >= 11 is 0. The zero-order valence-electron chi connectivity index (χ0n) is 10.3. The van der Waals surface area contributed by atoms with Gasteiger partial charge in [-0.05, 0) is 25.1 Å². The van der Waals surface area contributed by atoms with E-state index in [0.717, 1.165) is 21.9 Å². The van der Waals surface area contributed by atoms with Crippen molar-refractivity contribution in [1.29, 1.82) is 0 Å². The van der Waals surface area contributed by atoms with Gasteiger partial charge in [0.15, 0.2) is 0 Å². The molecule has 0 aliphatic rings. The molecule has 2 heterocycles. The molecule has 5 nitrogen and oxygen atoms in total. The Balaban J connectivity index is 2.36. The lowest BCUT2D eigenvalue weighted by molar-refractivity contribution is 0.169. The van der Waals surface area contributed by atoms with E-state index in [1.807, 2.05) is 18.2 Å². The minimum absolute atomic E-state index is 0.421. The maximum absolute atomic E-state index is 9.54. The molecule has 0 radical (unpaired) electrons. The molecule has 2 aromatic heterocycles. The van der Waals surface area contributed by atoms with Gasteiger partial charge >= 0.3 is 0 Å². The number of aliphatic hydroxyl groups is 1. The maximum Gasteiger partial charge on any atom is 0.240 e. The van der Waals surface area contributed by atoms with E-state index >= 15 is 0 Å². The largest absolute Gasteiger partial charge is 0.479 e. The summed E-state index contributed by atoms with van der Waals surface area (Å²) in [6.45, 7) is 2.15. The van der Waals surface area contributed by atoms with Crippen molar-refractivity contribution < 1.29 is 14.3 Å². The monoisotopic (exact) mass is 246 g/mol. The number of fused-ring (bicyclic) bond motifs is 3. The molecule has 0 aliphatic heterocycles. The molecule has 0 saturated heterocycles. The van der Waals surface area contributed by atoms with Crippen LogP contribution < -0.4 is 4.74 Å². The second-order valence-electron chi connectivity index (χ2n) is 4.33. The smallest absolute Gasteiger partial charge is 0.240 e. The van der Waals surface area contributed by atoms with Gasteiger partial charge in [-0.15, -0.1) is 5.10 Å². The third-order valence-electron chi connectivity index (χ3n) is 2.94. The van der Waals surface area contributed by atoms with E-state index in [4.69, 9.17) is 9.15 Å². The Hall–Kier alpha value is -2.01. The first-order valence-electron chi connectivity index (χ1n) is 5.79. The predicted octanol–water partition coefficient (Wildman–Crippen LogP) is 2.17. The zero-order chi connectivity index (χ0) is 12.7. The number of methoxy groups -OCH3 is 1. The molecule has 0 aliphatic carbocycles. The number of aliphatic hydroxyl groups excluding tert-OH is 1. The molecule has 5 heteroatoms. The van der Waals surface area contributed by atoms with Crippen LogP contribution in [-0.2, 0) is 6.54 Å². The normalized spacial score (nSPS) is 13.3. The van der Waals surface area contributed by atoms with Gasteiger partial charge in [-0.1, -0.05) is 0 Å². The van der Waals surface area contributed by atoms with Crippen molar-refractivity contribution in [2.45, 2.75) is 19.6 Å². The summed E-state index contributed by atoms with van der Waals surface area (Å²) in [6.07, 6.45) is 1.18. The van der Waals surface area contributed by atoms with Gasteiger partial charge in [0.1, 0.15) is 5.58 Å². The molecule has 0 unspecified atom stereocenters. The van der Waals surface area contributed by atoms with E-state index in [2.05, 4.69) is 5.10 Å². The maximum atomic E-state index is 9.54. The zero-order valence-corrected chi connectivity index (χ0v) is 10.3. The molecule has 18 heavy (non-hydrogen) atoms. The van der Waals surface area contributed by atoms with Crippen molar-refractivity contribution in [3.63, 3.8) is 0 Å². The van der Waals surface area contributed by atoms with Crippen molar-refractivity contribution in [2.24, 2.45) is 0 Å². The van der Waals surface area contributed by atoms with Crippen molar-refractivity contribution >= 4 is 21.9 Å². The SMILES string of the molecule is COc1nn(C[C@@H](C)O)c2c1ccc1occc12. The lowest BCUT2D eigenvalue weighted by Gasteiger charge is -2.05. The Morgan fingerprint density at radius 1 is 1.39 bits per heavy atom. The van der Waals surface area contributed by atoms with Gasteiger partial charge in [-0.2, -0.15) is 0 Å². The van der Waals surface area contributed by atoms with Gasteiger partial charge in [-0.3, -0.25) is 4.68 Å². The first kappa shape index (κ1) is 11.1. The van der Waals surface area contributed by atoms with Gasteiger partial charge < -0.3 is 14.3 Å². The van der Waals surface area contributed by atoms with E-state index in [-0.39, 0.29) is 0 Å². The van der Waals surface area contributed by atoms with Gasteiger partial charge in [0.2, 0.25) is 5.88 Å². The van der Waals surface area contributed by atoms with Gasteiger partial charge in [-0.25, -0.2) is 0 Å². The predicted molar refractivity (Wildman–Crippen MR) is 67.7 cm³/mol. The fraction of sp³-hybridized carbons (Fsp3) is 0.308. The standard InChI is InChI=1S/C13H14N2O3/c1-8(16)7-15-12-9-5-6-18-11(9)4-3-10(12)13(14-15)17-2/h3-6,8,16H,7H2,1-2H3/t8-/m1/s1. The number of furan rings is 1. The van der Waals surface area contributed by atoms with E-state index in [9.17, 15) is 5.11 Å². The fourth-order valence-electron chi connectivity index (χ4n) is 2.23. The lowest BCUT2D eigenvalue weighted by atomic mass is 10.2. The Morgan fingerprint density at radius 2 is 2.22 bits per heavy atom. The van der Waals surface area contributed by atoms with Crippen molar-refractivity contribution in [3.05, 3.63) is 24.5 Å². The minimum atomic E-state index is -0.472. The van der Waals surface area contributed by atoms with Crippen LogP contribution >= 0.6 is 0 Å². The van der Waals surface area contributed by atoms with Crippen molar-refractivity contribution in [3.8, 4) is 5.88 Å². The summed E-state index contributed by atoms with van der Waals surface area (Å²) in [6, 6.07) is 5.72. The fourth-order valence-corrected chi connectivity index (χ4v) is 2.23. The van der Waals surface area contributed by atoms with Crippen molar-refractivity contribution in [1.82, 2.24) is 9.78 Å². The molecule has 1 aromatic carbocycles. The van der Waals surface area contributed by atoms with Crippen LogP contribution in [0.2, 0.25) is 0 Å². The quantitative estimate of drug-likeness (QED) is 0.769. The number of hydrogen-bond donors (Lipinski definition) is 1. The molecule has 0 saturated carbocycles. The Morgan fingerprint density at radius 3 is 2.94 bits per heavy atom. The van der Waals surface area contributed by atoms with E-state index in [1.54, 1.807) is 25.0 Å². The van der Waals surface area contributed by atoms with Crippen LogP contribution in [0.1, 0.15) is 6.92 Å². The molecule has 0 spiro atoms. The first-order chi connectivity index (χ1) is 8.70. The Bertz CT molecular complexity index is 697. The highest BCUT2D eigenvalue weighted by Gasteiger charge is 2.15. The Kier molecular flexibility index (Phi) is 2.48. The summed E-state index contributed by atoms with van der Waals surface area (Å²) in [4.78, 5) is 0. The molecular formula is C13H14N2O3. The van der Waals surface area contributed by atoms with E-state index in [1.165, 1.54) is 0 Å². The average Bonchev–Trinajstić information content (AvgIpc) is 2.91. The van der Waals surface area contributed by atoms with Gasteiger partial charge in [0.25, 0.3) is 0 Å². The summed E-state index contributed by atoms with van der Waals surface area (Å²) in [5.41, 5.74) is 1.73. The number of nitrogens with zero attached hydrogens (tertiary/aromatic N) is 2. The lowest BCUT2D eigenvalue weighted by Crippen LogP contribution is -2.12. The van der Waals surface area contributed by atoms with Gasteiger partial charge in [0.05, 0.1) is 36.9 Å². The molecule has 0 amide bonds. The van der Waals surface area contributed by atoms with Crippen LogP contribution in [0, 0.1) is 0 Å². The molecular weight excluding hydrogens is 232 g/mol. The van der Waals surface area contributed by atoms with E-state index < -0.39 is 6.10 Å². The summed E-state index contributed by atoms with van der Waals surface area (Å²) in [7, 11) is 1.59. The van der Waals surface area contributed by atoms with Crippen LogP contribution in [0.15, 0.2) is 28.9 Å². The van der Waals surface area contributed by atoms with Crippen LogP contribution in [0.3, 0.4) is 0 Å². The molecule has 1 N–H and O–H groups in total. The third-order valence-corrected chi connectivity index (χ3v) is 2.94. The van der Waals surface area contributed by atoms with Gasteiger partial charge in [0, 0.05) is 5.39 Å². The summed E-state index contributed by atoms with van der Waals surface area (Å²) < 4.78 is 12.4. The summed E-state index contributed by atoms with van der Waals surface area (Å²) in [5.74, 6) is 0.564. The number of aromatic nitrogens is 2. The topological polar surface area (TPSA) is 60.4 Å². The minimum Gasteiger partial charge on any atom is -0.479 e. The van der Waals surface area contributed by atoms with Crippen molar-refractivity contribution in [2.75, 3.05) is 7.11 Å². The van der Waals surface area contributed by atoms with Crippen LogP contribution in [0.4, 0.5) is 0 Å². The molecule has 0 fully saturated rings. The third kappa shape index (κ3) is 1.55. The van der Waals surface area contributed by atoms with Crippen LogP contribution in [-0.4, -0.2) is 28.1 Å². The number of hydrogen-bond acceptors (Lipinski definition) is 4. The number of rotatable bonds is 3. The molecule has 1 atom stereocenters. The first-order valence-corrected chi connectivity index (χ1v) is 5.79. The highest BCUT2D eigenvalue weighted by atomic mass is 16.5. The average molecular weight is 246 g/mol. The van der Waals surface area contributed by atoms with Crippen LogP contribution in [0.5, 0.6) is 5.88 Å². The Labute approximate surface area is 104 Å². The molecule has 3 aromatic rings. The van der Waals surface area contributed by atoms with Crippen LogP contribution in [0.25, 0.3) is 21.9 Å². The molecule has 94 valence electrons. The molecule has 3 rings (SSSR count). The second kappa shape index (κ2) is 4.03. The number of ether oxygens (including phenoxy) is 1. The van der Waals surface area contributed by atoms with E-state index in [0.29, 0.717) is 12.4 Å². The summed E-state index contributed by atoms with van der Waals surface area (Å²) in [5, 5.41) is 15.8. The molecule has 0 bridgehead atoms.